The zero-order valence-electron chi connectivity index (χ0n) is 9.37. The van der Waals surface area contributed by atoms with Gasteiger partial charge in [-0.25, -0.2) is 4.98 Å². The molecule has 82 valence electrons. The summed E-state index contributed by atoms with van der Waals surface area (Å²) in [7, 11) is 0. The Morgan fingerprint density at radius 1 is 1.06 bits per heavy atom. The van der Waals surface area contributed by atoms with E-state index in [1.807, 2.05) is 6.07 Å². The Labute approximate surface area is 99.0 Å². The van der Waals surface area contributed by atoms with Gasteiger partial charge in [0, 0.05) is 12.1 Å². The van der Waals surface area contributed by atoms with E-state index in [2.05, 4.69) is 51.7 Å². The van der Waals surface area contributed by atoms with Crippen molar-refractivity contribution in [3.05, 3.63) is 48.7 Å². The van der Waals surface area contributed by atoms with Crippen molar-refractivity contribution in [1.82, 2.24) is 9.55 Å². The molecule has 1 aliphatic rings. The summed E-state index contributed by atoms with van der Waals surface area (Å²) in [5.74, 6) is 1.08. The number of hydrogen-bond acceptors (Lipinski definition) is 1. The van der Waals surface area contributed by atoms with Crippen LogP contribution in [0.15, 0.2) is 48.7 Å². The van der Waals surface area contributed by atoms with Crippen LogP contribution in [-0.4, -0.2) is 9.55 Å². The van der Waals surface area contributed by atoms with Crippen LogP contribution < -0.4 is 4.57 Å². The number of nitrogens with zero attached hydrogens (tertiary/aromatic N) is 3. The molecule has 0 saturated heterocycles. The molecule has 0 N–H and O–H groups in total. The fraction of sp³-hybridized carbons (Fsp3) is 0.143. The van der Waals surface area contributed by atoms with Crippen molar-refractivity contribution >= 4 is 11.0 Å². The second kappa shape index (κ2) is 3.17. The van der Waals surface area contributed by atoms with Gasteiger partial charge in [-0.2, -0.15) is 4.57 Å². The van der Waals surface area contributed by atoms with Crippen LogP contribution in [0.1, 0.15) is 0 Å². The van der Waals surface area contributed by atoms with Gasteiger partial charge in [0.25, 0.3) is 0 Å². The van der Waals surface area contributed by atoms with Gasteiger partial charge in [-0.05, 0) is 18.2 Å². The zero-order chi connectivity index (χ0) is 11.2. The highest BCUT2D eigenvalue weighted by Crippen LogP contribution is 2.24. The summed E-state index contributed by atoms with van der Waals surface area (Å²) in [6.45, 7) is 2.01. The van der Waals surface area contributed by atoms with Gasteiger partial charge in [-0.3, -0.25) is 0 Å². The fourth-order valence-electron chi connectivity index (χ4n) is 2.58. The van der Waals surface area contributed by atoms with E-state index in [0.29, 0.717) is 0 Å². The second-order valence-electron chi connectivity index (χ2n) is 4.36. The van der Waals surface area contributed by atoms with Crippen LogP contribution in [0.3, 0.4) is 0 Å². The molecule has 0 bridgehead atoms. The third-order valence-corrected chi connectivity index (χ3v) is 3.39. The minimum absolute atomic E-state index is 0.998. The molecule has 0 aliphatic carbocycles. The first kappa shape index (κ1) is 8.93. The highest BCUT2D eigenvalue weighted by Gasteiger charge is 2.25. The molecule has 4 rings (SSSR count). The van der Waals surface area contributed by atoms with Gasteiger partial charge in [-0.15, -0.1) is 0 Å². The van der Waals surface area contributed by atoms with E-state index >= 15 is 0 Å². The minimum atomic E-state index is 0.998. The van der Waals surface area contributed by atoms with Gasteiger partial charge in [0.2, 0.25) is 11.5 Å². The molecule has 0 radical (unpaired) electrons. The molecular weight excluding hydrogens is 210 g/mol. The van der Waals surface area contributed by atoms with Gasteiger partial charge < -0.3 is 4.57 Å². The van der Waals surface area contributed by atoms with Gasteiger partial charge in [0.05, 0.1) is 17.6 Å². The minimum Gasteiger partial charge on any atom is -0.312 e. The first-order valence-electron chi connectivity index (χ1n) is 5.87. The average molecular weight is 222 g/mol. The lowest BCUT2D eigenvalue weighted by molar-refractivity contribution is -0.690. The van der Waals surface area contributed by atoms with Gasteiger partial charge >= 0.3 is 0 Å². The number of hydrogen-bond donors (Lipinski definition) is 0. The van der Waals surface area contributed by atoms with Crippen LogP contribution in [0.2, 0.25) is 0 Å². The second-order valence-corrected chi connectivity index (χ2v) is 4.36. The molecule has 0 fully saturated rings. The lowest BCUT2D eigenvalue weighted by atomic mass is 10.2. The van der Waals surface area contributed by atoms with Crippen LogP contribution in [0.25, 0.3) is 22.6 Å². The predicted molar refractivity (Wildman–Crippen MR) is 65.4 cm³/mol. The maximum absolute atomic E-state index is 4.74. The smallest absolute Gasteiger partial charge is 0.248 e. The molecule has 3 heteroatoms. The molecular formula is C14H12N3+. The molecule has 1 aliphatic heterocycles. The number of para-hydroxylation sites is 2. The van der Waals surface area contributed by atoms with Crippen LogP contribution >= 0.6 is 0 Å². The number of benzene rings is 1. The highest BCUT2D eigenvalue weighted by atomic mass is 15.2. The Kier molecular flexibility index (Phi) is 1.66. The zero-order valence-corrected chi connectivity index (χ0v) is 9.37. The van der Waals surface area contributed by atoms with Crippen molar-refractivity contribution in [2.45, 2.75) is 13.1 Å². The molecule has 0 saturated carbocycles. The van der Waals surface area contributed by atoms with E-state index in [1.54, 1.807) is 0 Å². The Morgan fingerprint density at radius 2 is 1.94 bits per heavy atom. The Balaban J connectivity index is 2.10. The van der Waals surface area contributed by atoms with Crippen molar-refractivity contribution in [3.63, 3.8) is 0 Å². The third-order valence-electron chi connectivity index (χ3n) is 3.39. The SMILES string of the molecule is c1cc[n+]2c(c1)-c1nc3ccccc3n1CC2. The highest BCUT2D eigenvalue weighted by molar-refractivity contribution is 5.79. The van der Waals surface area contributed by atoms with Crippen LogP contribution in [0, 0.1) is 0 Å². The topological polar surface area (TPSA) is 21.7 Å². The van der Waals surface area contributed by atoms with Gasteiger partial charge in [-0.1, -0.05) is 12.1 Å². The van der Waals surface area contributed by atoms with E-state index in [9.17, 15) is 0 Å². The van der Waals surface area contributed by atoms with Crippen molar-refractivity contribution in [3.8, 4) is 11.5 Å². The Bertz CT molecular complexity index is 712. The quantitative estimate of drug-likeness (QED) is 0.533. The molecule has 0 atom stereocenters. The van der Waals surface area contributed by atoms with Crippen molar-refractivity contribution in [2.75, 3.05) is 0 Å². The van der Waals surface area contributed by atoms with Crippen molar-refractivity contribution < 1.29 is 4.57 Å². The van der Waals surface area contributed by atoms with E-state index in [1.165, 1.54) is 11.2 Å². The first-order chi connectivity index (χ1) is 8.43. The molecule has 0 spiro atoms. The molecule has 0 unspecified atom stereocenters. The summed E-state index contributed by atoms with van der Waals surface area (Å²) in [6, 6.07) is 14.6. The molecule has 17 heavy (non-hydrogen) atoms. The average Bonchev–Trinajstić information content (AvgIpc) is 2.78. The fourth-order valence-corrected chi connectivity index (χ4v) is 2.58. The summed E-state index contributed by atoms with van der Waals surface area (Å²) in [5.41, 5.74) is 3.52. The number of aromatic nitrogens is 3. The van der Waals surface area contributed by atoms with Crippen LogP contribution in [-0.2, 0) is 13.1 Å². The predicted octanol–water partition coefficient (Wildman–Crippen LogP) is 2.00. The number of aryl methyl sites for hydroxylation is 2. The van der Waals surface area contributed by atoms with E-state index in [-0.39, 0.29) is 0 Å². The number of rotatable bonds is 0. The molecule has 3 aromatic rings. The molecule has 0 amide bonds. The maximum atomic E-state index is 4.74. The lowest BCUT2D eigenvalue weighted by Crippen LogP contribution is -2.41. The van der Waals surface area contributed by atoms with Gasteiger partial charge in [0.15, 0.2) is 12.7 Å². The first-order valence-corrected chi connectivity index (χ1v) is 5.87. The Hall–Kier alpha value is -2.16. The summed E-state index contributed by atoms with van der Waals surface area (Å²) in [5, 5.41) is 0. The summed E-state index contributed by atoms with van der Waals surface area (Å²) in [6.07, 6.45) is 2.12. The van der Waals surface area contributed by atoms with Crippen LogP contribution in [0.5, 0.6) is 0 Å². The molecule has 3 heterocycles. The number of pyridine rings is 1. The monoisotopic (exact) mass is 222 g/mol. The van der Waals surface area contributed by atoms with Gasteiger partial charge in [0.1, 0.15) is 0 Å². The standard InChI is InChI=1S/C14H12N3/c1-2-6-12-11(5-1)15-14-13-7-3-4-8-16(13)9-10-17(12)14/h1-8H,9-10H2/q+1. The lowest BCUT2D eigenvalue weighted by Gasteiger charge is -2.12. The van der Waals surface area contributed by atoms with E-state index in [0.717, 1.165) is 24.4 Å². The van der Waals surface area contributed by atoms with Crippen molar-refractivity contribution in [2.24, 2.45) is 0 Å². The normalized spacial score (nSPS) is 13.4. The van der Waals surface area contributed by atoms with Crippen molar-refractivity contribution in [1.29, 1.82) is 0 Å². The largest absolute Gasteiger partial charge is 0.312 e. The van der Waals surface area contributed by atoms with Crippen LogP contribution in [0.4, 0.5) is 0 Å². The number of imidazole rings is 1. The molecule has 3 nitrogen and oxygen atoms in total. The third kappa shape index (κ3) is 1.16. The molecule has 2 aromatic heterocycles. The maximum Gasteiger partial charge on any atom is 0.248 e. The van der Waals surface area contributed by atoms with E-state index in [4.69, 9.17) is 4.98 Å². The summed E-state index contributed by atoms with van der Waals surface area (Å²) < 4.78 is 4.58. The molecule has 1 aromatic carbocycles. The summed E-state index contributed by atoms with van der Waals surface area (Å²) >= 11 is 0. The Morgan fingerprint density at radius 3 is 2.94 bits per heavy atom. The van der Waals surface area contributed by atoms with E-state index < -0.39 is 0 Å². The summed E-state index contributed by atoms with van der Waals surface area (Å²) in [4.78, 5) is 4.74. The number of fused-ring (bicyclic) bond motifs is 5.